The zero-order valence-corrected chi connectivity index (χ0v) is 13.6. The third-order valence-corrected chi connectivity index (χ3v) is 4.64. The Hall–Kier alpha value is -2.59. The number of amides is 1. The number of hydrogen-bond acceptors (Lipinski definition) is 6. The number of allylic oxidation sites excluding steroid dienone is 2. The second-order valence-electron chi connectivity index (χ2n) is 6.58. The van der Waals surface area contributed by atoms with Crippen molar-refractivity contribution in [2.24, 2.45) is 10.9 Å². The van der Waals surface area contributed by atoms with Gasteiger partial charge in [-0.15, -0.1) is 0 Å². The lowest BCUT2D eigenvalue weighted by Crippen LogP contribution is -2.42. The summed E-state index contributed by atoms with van der Waals surface area (Å²) < 4.78 is 44.9. The van der Waals surface area contributed by atoms with E-state index in [1.165, 1.54) is 4.90 Å². The van der Waals surface area contributed by atoms with E-state index in [-0.39, 0.29) is 17.5 Å². The maximum Gasteiger partial charge on any atom is 0.450 e. The van der Waals surface area contributed by atoms with Gasteiger partial charge in [0.25, 0.3) is 0 Å². The van der Waals surface area contributed by atoms with Gasteiger partial charge in [-0.25, -0.2) is 9.59 Å². The molecule has 3 heterocycles. The molecule has 1 amide bonds. The highest BCUT2D eigenvalue weighted by Crippen LogP contribution is 2.37. The van der Waals surface area contributed by atoms with Crippen LogP contribution in [0.3, 0.4) is 0 Å². The molecule has 1 aliphatic carbocycles. The number of aromatic nitrogens is 2. The molecule has 0 aromatic carbocycles. The normalized spacial score (nSPS) is 23.5. The molecule has 0 spiro atoms. The number of nitrogens with zero attached hydrogens (tertiary/aromatic N) is 4. The zero-order chi connectivity index (χ0) is 18.5. The highest BCUT2D eigenvalue weighted by Gasteiger charge is 2.42. The van der Waals surface area contributed by atoms with E-state index in [4.69, 9.17) is 0 Å². The maximum absolute atomic E-state index is 13.2. The minimum Gasteiger partial charge on any atom is -0.359 e. The average Bonchev–Trinajstić information content (AvgIpc) is 3.16. The Balaban J connectivity index is 1.75. The number of carbonyl (C=O) groups excluding carboxylic acids is 1. The van der Waals surface area contributed by atoms with Crippen LogP contribution >= 0.6 is 0 Å². The number of aliphatic imine (C=N–C) groups is 1. The lowest BCUT2D eigenvalue weighted by Gasteiger charge is -2.25. The van der Waals surface area contributed by atoms with Crippen molar-refractivity contribution in [3.8, 4) is 0 Å². The van der Waals surface area contributed by atoms with Crippen molar-refractivity contribution >= 4 is 11.7 Å². The Bertz CT molecular complexity index is 843. The number of hydrogen-bond donors (Lipinski definition) is 1. The molecule has 1 aromatic heterocycles. The second-order valence-corrected chi connectivity index (χ2v) is 6.58. The van der Waals surface area contributed by atoms with E-state index >= 15 is 0 Å². The summed E-state index contributed by atoms with van der Waals surface area (Å²) in [4.78, 5) is 30.2. The molecule has 1 aromatic rings. The molecular weight excluding hydrogens is 355 g/mol. The smallest absolute Gasteiger partial charge is 0.359 e. The van der Waals surface area contributed by atoms with Crippen LogP contribution in [-0.2, 0) is 0 Å². The molecule has 1 saturated heterocycles. The number of alkyl halides is 3. The first kappa shape index (κ1) is 16.9. The summed E-state index contributed by atoms with van der Waals surface area (Å²) in [5, 5.41) is 5.89. The lowest BCUT2D eigenvalue weighted by atomic mass is 10.2. The van der Waals surface area contributed by atoms with Crippen LogP contribution < -0.4 is 11.1 Å². The topological polar surface area (TPSA) is 92.7 Å². The van der Waals surface area contributed by atoms with Gasteiger partial charge in [0.1, 0.15) is 17.6 Å². The van der Waals surface area contributed by atoms with Gasteiger partial charge in [0.2, 0.25) is 5.82 Å². The Morgan fingerprint density at radius 3 is 2.58 bits per heavy atom. The Kier molecular flexibility index (Phi) is 3.88. The van der Waals surface area contributed by atoms with Gasteiger partial charge in [-0.2, -0.15) is 17.7 Å². The van der Waals surface area contributed by atoms with E-state index in [0.29, 0.717) is 17.7 Å². The van der Waals surface area contributed by atoms with Crippen LogP contribution in [0, 0.1) is 5.92 Å². The Labute approximate surface area is 145 Å². The number of halogens is 3. The van der Waals surface area contributed by atoms with Gasteiger partial charge in [0.15, 0.2) is 0 Å². The lowest BCUT2D eigenvalue weighted by molar-refractivity contribution is -0.0980. The number of likely N-dealkylation sites (tertiary alicyclic amines) is 1. The van der Waals surface area contributed by atoms with E-state index in [2.05, 4.69) is 20.0 Å². The summed E-state index contributed by atoms with van der Waals surface area (Å²) in [6.07, 6.45) is -1.50. The van der Waals surface area contributed by atoms with Crippen LogP contribution in [0.15, 0.2) is 26.1 Å². The second kappa shape index (κ2) is 5.99. The SMILES string of the molecule is O=C(N1CCCC1)n1c(C2=NC(C3CC3)NC(C(F)(F)F)=C2)noc1=O. The fourth-order valence-electron chi connectivity index (χ4n) is 3.11. The predicted molar refractivity (Wildman–Crippen MR) is 82.7 cm³/mol. The standard InChI is InChI=1S/C15H16F3N5O3/c16-15(17,18)10-7-9(19-11(20-10)8-3-4-8)12-21-26-14(25)23(12)13(24)22-5-1-2-6-22/h7-8,11,20H,1-6H2. The summed E-state index contributed by atoms with van der Waals surface area (Å²) in [5.41, 5.74) is -1.17. The van der Waals surface area contributed by atoms with E-state index in [1.54, 1.807) is 0 Å². The molecular formula is C15H16F3N5O3. The number of carbonyl (C=O) groups is 1. The van der Waals surface area contributed by atoms with Crippen molar-refractivity contribution < 1.29 is 22.5 Å². The van der Waals surface area contributed by atoms with Gasteiger partial charge in [0, 0.05) is 13.1 Å². The molecule has 140 valence electrons. The third kappa shape index (κ3) is 3.01. The molecule has 11 heteroatoms. The third-order valence-electron chi connectivity index (χ3n) is 4.64. The number of nitrogens with one attached hydrogen (secondary N) is 1. The van der Waals surface area contributed by atoms with Crippen molar-refractivity contribution in [3.63, 3.8) is 0 Å². The first-order valence-electron chi connectivity index (χ1n) is 8.36. The molecule has 0 bridgehead atoms. The summed E-state index contributed by atoms with van der Waals surface area (Å²) >= 11 is 0. The zero-order valence-electron chi connectivity index (χ0n) is 13.6. The minimum atomic E-state index is -4.61. The van der Waals surface area contributed by atoms with Gasteiger partial charge in [-0.3, -0.25) is 9.52 Å². The molecule has 4 rings (SSSR count). The van der Waals surface area contributed by atoms with Crippen LogP contribution in [-0.4, -0.2) is 51.8 Å². The summed E-state index contributed by atoms with van der Waals surface area (Å²) in [6, 6.07) is -0.657. The van der Waals surface area contributed by atoms with Crippen molar-refractivity contribution in [2.75, 3.05) is 13.1 Å². The van der Waals surface area contributed by atoms with Crippen molar-refractivity contribution in [1.82, 2.24) is 19.9 Å². The van der Waals surface area contributed by atoms with Crippen LogP contribution in [0.4, 0.5) is 18.0 Å². The highest BCUT2D eigenvalue weighted by molar-refractivity contribution is 6.08. The first-order chi connectivity index (χ1) is 12.3. The Morgan fingerprint density at radius 1 is 1.27 bits per heavy atom. The monoisotopic (exact) mass is 371 g/mol. The quantitative estimate of drug-likeness (QED) is 0.850. The van der Waals surface area contributed by atoms with Gasteiger partial charge < -0.3 is 10.2 Å². The molecule has 1 atom stereocenters. The molecule has 8 nitrogen and oxygen atoms in total. The summed E-state index contributed by atoms with van der Waals surface area (Å²) in [7, 11) is 0. The molecule has 1 N–H and O–H groups in total. The molecule has 3 aliphatic rings. The summed E-state index contributed by atoms with van der Waals surface area (Å²) in [6.45, 7) is 0.941. The molecule has 1 saturated carbocycles. The van der Waals surface area contributed by atoms with E-state index in [1.807, 2.05) is 0 Å². The van der Waals surface area contributed by atoms with Gasteiger partial charge in [0.05, 0.1) is 0 Å². The van der Waals surface area contributed by atoms with Crippen molar-refractivity contribution in [3.05, 3.63) is 28.1 Å². The first-order valence-corrected chi connectivity index (χ1v) is 8.36. The molecule has 2 aliphatic heterocycles. The minimum absolute atomic E-state index is 0.0163. The molecule has 0 radical (unpaired) electrons. The largest absolute Gasteiger partial charge is 0.450 e. The van der Waals surface area contributed by atoms with Gasteiger partial charge in [-0.05, 0) is 37.7 Å². The highest BCUT2D eigenvalue weighted by atomic mass is 19.4. The van der Waals surface area contributed by atoms with Crippen LogP contribution in [0.25, 0.3) is 0 Å². The average molecular weight is 371 g/mol. The van der Waals surface area contributed by atoms with Crippen LogP contribution in [0.2, 0.25) is 0 Å². The summed E-state index contributed by atoms with van der Waals surface area (Å²) in [5.74, 6) is -1.36. The fraction of sp³-hybridized carbons (Fsp3) is 0.600. The van der Waals surface area contributed by atoms with Gasteiger partial charge in [-0.1, -0.05) is 5.16 Å². The predicted octanol–water partition coefficient (Wildman–Crippen LogP) is 1.47. The fourth-order valence-corrected chi connectivity index (χ4v) is 3.11. The maximum atomic E-state index is 13.2. The van der Waals surface area contributed by atoms with E-state index < -0.39 is 29.8 Å². The molecule has 26 heavy (non-hydrogen) atoms. The van der Waals surface area contributed by atoms with E-state index in [0.717, 1.165) is 31.8 Å². The van der Waals surface area contributed by atoms with E-state index in [9.17, 15) is 22.8 Å². The van der Waals surface area contributed by atoms with Gasteiger partial charge >= 0.3 is 18.0 Å². The Morgan fingerprint density at radius 2 is 1.96 bits per heavy atom. The van der Waals surface area contributed by atoms with Crippen LogP contribution in [0.5, 0.6) is 0 Å². The molecule has 1 unspecified atom stereocenters. The number of rotatable bonds is 2. The van der Waals surface area contributed by atoms with Crippen molar-refractivity contribution in [2.45, 2.75) is 38.0 Å². The van der Waals surface area contributed by atoms with Crippen LogP contribution in [0.1, 0.15) is 31.5 Å². The van der Waals surface area contributed by atoms with Crippen molar-refractivity contribution in [1.29, 1.82) is 0 Å². The molecule has 2 fully saturated rings.